The van der Waals surface area contributed by atoms with Crippen LogP contribution in [0.3, 0.4) is 0 Å². The Hall–Kier alpha value is -1.00. The van der Waals surface area contributed by atoms with E-state index in [-0.39, 0.29) is 6.10 Å². The maximum Gasteiger partial charge on any atom is 0.133 e. The molecule has 14 heavy (non-hydrogen) atoms. The number of methoxy groups -OCH3 is 1. The maximum atomic E-state index is 5.74. The molecule has 1 heterocycles. The van der Waals surface area contributed by atoms with E-state index in [1.165, 1.54) is 0 Å². The number of rotatable bonds is 4. The van der Waals surface area contributed by atoms with Gasteiger partial charge in [-0.25, -0.2) is 4.98 Å². The first kappa shape index (κ1) is 11.1. The van der Waals surface area contributed by atoms with E-state index in [4.69, 9.17) is 22.1 Å². The van der Waals surface area contributed by atoms with Crippen LogP contribution >= 0.6 is 11.6 Å². The van der Waals surface area contributed by atoms with Crippen LogP contribution in [0.5, 0.6) is 0 Å². The first-order valence-electron chi connectivity index (χ1n) is 4.31. The minimum atomic E-state index is 0.122. The molecule has 1 aromatic heterocycles. The lowest BCUT2D eigenvalue weighted by atomic mass is 10.3. The van der Waals surface area contributed by atoms with E-state index >= 15 is 0 Å². The molecular formula is C9H14ClN3O. The Labute approximate surface area is 88.4 Å². The van der Waals surface area contributed by atoms with Crippen molar-refractivity contribution in [2.24, 2.45) is 0 Å². The highest BCUT2D eigenvalue weighted by Gasteiger charge is 2.01. The van der Waals surface area contributed by atoms with Crippen LogP contribution in [-0.2, 0) is 4.74 Å². The average Bonchev–Trinajstić information content (AvgIpc) is 2.12. The van der Waals surface area contributed by atoms with E-state index in [9.17, 15) is 0 Å². The number of nitrogens with zero attached hydrogens (tertiary/aromatic N) is 1. The fourth-order valence-corrected chi connectivity index (χ4v) is 1.16. The third-order valence-electron chi connectivity index (χ3n) is 1.79. The molecule has 0 aliphatic heterocycles. The van der Waals surface area contributed by atoms with E-state index < -0.39 is 0 Å². The van der Waals surface area contributed by atoms with E-state index in [2.05, 4.69) is 10.3 Å². The van der Waals surface area contributed by atoms with Crippen LogP contribution in [0.2, 0.25) is 5.15 Å². The largest absolute Gasteiger partial charge is 0.399 e. The van der Waals surface area contributed by atoms with E-state index in [1.54, 1.807) is 19.2 Å². The van der Waals surface area contributed by atoms with Gasteiger partial charge >= 0.3 is 0 Å². The molecule has 0 fully saturated rings. The molecule has 4 nitrogen and oxygen atoms in total. The molecule has 0 saturated heterocycles. The highest BCUT2D eigenvalue weighted by atomic mass is 35.5. The number of halogens is 1. The van der Waals surface area contributed by atoms with Gasteiger partial charge in [0.05, 0.1) is 6.10 Å². The zero-order valence-electron chi connectivity index (χ0n) is 8.25. The molecule has 0 spiro atoms. The van der Waals surface area contributed by atoms with Crippen LogP contribution in [0.25, 0.3) is 0 Å². The van der Waals surface area contributed by atoms with Crippen LogP contribution in [-0.4, -0.2) is 24.7 Å². The summed E-state index contributed by atoms with van der Waals surface area (Å²) < 4.78 is 5.08. The molecular weight excluding hydrogens is 202 g/mol. The van der Waals surface area contributed by atoms with Crippen LogP contribution in [0.4, 0.5) is 11.5 Å². The molecule has 1 aromatic rings. The summed E-state index contributed by atoms with van der Waals surface area (Å²) in [5.74, 6) is 0.666. The van der Waals surface area contributed by atoms with Gasteiger partial charge in [0, 0.05) is 25.4 Å². The minimum Gasteiger partial charge on any atom is -0.399 e. The Morgan fingerprint density at radius 2 is 2.36 bits per heavy atom. The molecule has 0 bridgehead atoms. The van der Waals surface area contributed by atoms with E-state index in [0.29, 0.717) is 23.2 Å². The monoisotopic (exact) mass is 215 g/mol. The number of ether oxygens (including phenoxy) is 1. The van der Waals surface area contributed by atoms with Gasteiger partial charge in [-0.3, -0.25) is 0 Å². The summed E-state index contributed by atoms with van der Waals surface area (Å²) >= 11 is 5.74. The van der Waals surface area contributed by atoms with Gasteiger partial charge in [0.2, 0.25) is 0 Å². The fourth-order valence-electron chi connectivity index (χ4n) is 0.939. The minimum absolute atomic E-state index is 0.122. The first-order chi connectivity index (χ1) is 6.61. The molecule has 0 amide bonds. The Morgan fingerprint density at radius 1 is 1.64 bits per heavy atom. The van der Waals surface area contributed by atoms with E-state index in [1.807, 2.05) is 6.92 Å². The van der Waals surface area contributed by atoms with Crippen molar-refractivity contribution in [1.29, 1.82) is 0 Å². The lowest BCUT2D eigenvalue weighted by molar-refractivity contribution is 0.128. The van der Waals surface area contributed by atoms with Gasteiger partial charge in [-0.05, 0) is 13.0 Å². The number of hydrogen-bond donors (Lipinski definition) is 2. The quantitative estimate of drug-likeness (QED) is 0.752. The number of nitrogens with one attached hydrogen (secondary N) is 1. The van der Waals surface area contributed by atoms with Crippen LogP contribution in [0, 0.1) is 0 Å². The first-order valence-corrected chi connectivity index (χ1v) is 4.69. The molecule has 1 unspecified atom stereocenters. The Morgan fingerprint density at radius 3 is 2.93 bits per heavy atom. The Kier molecular flexibility index (Phi) is 3.98. The zero-order chi connectivity index (χ0) is 10.6. The topological polar surface area (TPSA) is 60.2 Å². The molecule has 0 aromatic carbocycles. The van der Waals surface area contributed by atoms with Crippen molar-refractivity contribution in [3.05, 3.63) is 17.3 Å². The van der Waals surface area contributed by atoms with Crippen molar-refractivity contribution in [3.8, 4) is 0 Å². The van der Waals surface area contributed by atoms with Gasteiger partial charge in [-0.2, -0.15) is 0 Å². The van der Waals surface area contributed by atoms with Crippen LogP contribution in [0.1, 0.15) is 6.92 Å². The predicted octanol–water partition coefficient (Wildman–Crippen LogP) is 1.76. The summed E-state index contributed by atoms with van der Waals surface area (Å²) in [6, 6.07) is 3.33. The predicted molar refractivity (Wildman–Crippen MR) is 58.6 cm³/mol. The third kappa shape index (κ3) is 3.40. The second-order valence-corrected chi connectivity index (χ2v) is 3.42. The molecule has 0 radical (unpaired) electrons. The van der Waals surface area contributed by atoms with Gasteiger partial charge in [0.15, 0.2) is 0 Å². The van der Waals surface area contributed by atoms with Gasteiger partial charge in [0.25, 0.3) is 0 Å². The lowest BCUT2D eigenvalue weighted by Gasteiger charge is -2.11. The molecule has 0 aliphatic rings. The van der Waals surface area contributed by atoms with Crippen molar-refractivity contribution in [1.82, 2.24) is 4.98 Å². The summed E-state index contributed by atoms with van der Waals surface area (Å²) in [6.45, 7) is 2.63. The summed E-state index contributed by atoms with van der Waals surface area (Å²) in [5.41, 5.74) is 6.20. The number of pyridine rings is 1. The average molecular weight is 216 g/mol. The summed E-state index contributed by atoms with van der Waals surface area (Å²) in [6.07, 6.45) is 0.122. The second kappa shape index (κ2) is 5.02. The van der Waals surface area contributed by atoms with Crippen molar-refractivity contribution >= 4 is 23.1 Å². The number of nitrogen functional groups attached to an aromatic ring is 1. The Bertz CT molecular complexity index is 286. The molecule has 5 heteroatoms. The second-order valence-electron chi connectivity index (χ2n) is 3.04. The summed E-state index contributed by atoms with van der Waals surface area (Å²) in [5, 5.41) is 3.46. The summed E-state index contributed by atoms with van der Waals surface area (Å²) in [7, 11) is 1.66. The summed E-state index contributed by atoms with van der Waals surface area (Å²) in [4.78, 5) is 4.06. The standard InChI is InChI=1S/C9H14ClN3O/c1-6(14-2)5-12-9-4-7(11)3-8(10)13-9/h3-4,6H,5H2,1-2H3,(H3,11,12,13). The van der Waals surface area contributed by atoms with E-state index in [0.717, 1.165) is 0 Å². The maximum absolute atomic E-state index is 5.74. The molecule has 78 valence electrons. The normalized spacial score (nSPS) is 12.5. The molecule has 1 atom stereocenters. The zero-order valence-corrected chi connectivity index (χ0v) is 9.01. The van der Waals surface area contributed by atoms with Crippen molar-refractivity contribution in [2.75, 3.05) is 24.7 Å². The van der Waals surface area contributed by atoms with Gasteiger partial charge in [-0.1, -0.05) is 11.6 Å². The molecule has 3 N–H and O–H groups in total. The van der Waals surface area contributed by atoms with Gasteiger partial charge < -0.3 is 15.8 Å². The van der Waals surface area contributed by atoms with Gasteiger partial charge in [-0.15, -0.1) is 0 Å². The van der Waals surface area contributed by atoms with Gasteiger partial charge in [0.1, 0.15) is 11.0 Å². The number of aromatic nitrogens is 1. The molecule has 0 saturated carbocycles. The van der Waals surface area contributed by atoms with Crippen LogP contribution < -0.4 is 11.1 Å². The molecule has 0 aliphatic carbocycles. The fraction of sp³-hybridized carbons (Fsp3) is 0.444. The van der Waals surface area contributed by atoms with Crippen molar-refractivity contribution in [3.63, 3.8) is 0 Å². The van der Waals surface area contributed by atoms with Crippen molar-refractivity contribution in [2.45, 2.75) is 13.0 Å². The number of anilines is 2. The molecule has 1 rings (SSSR count). The Balaban J connectivity index is 2.58. The van der Waals surface area contributed by atoms with Crippen molar-refractivity contribution < 1.29 is 4.74 Å². The smallest absolute Gasteiger partial charge is 0.133 e. The third-order valence-corrected chi connectivity index (χ3v) is 1.98. The highest BCUT2D eigenvalue weighted by molar-refractivity contribution is 6.29. The highest BCUT2D eigenvalue weighted by Crippen LogP contribution is 2.15. The SMILES string of the molecule is COC(C)CNc1cc(N)cc(Cl)n1. The van der Waals surface area contributed by atoms with Crippen LogP contribution in [0.15, 0.2) is 12.1 Å². The number of nitrogens with two attached hydrogens (primary N) is 1. The number of hydrogen-bond acceptors (Lipinski definition) is 4. The lowest BCUT2D eigenvalue weighted by Crippen LogP contribution is -2.18.